The Labute approximate surface area is 251 Å². The molecule has 0 spiro atoms. The normalized spacial score (nSPS) is 23.0. The van der Waals surface area contributed by atoms with Gasteiger partial charge in [-0.2, -0.15) is 0 Å². The maximum Gasteiger partial charge on any atom is 0.243 e. The third kappa shape index (κ3) is 6.14. The Balaban J connectivity index is 1.28. The molecule has 224 valence electrons. The van der Waals surface area contributed by atoms with Crippen molar-refractivity contribution in [1.29, 1.82) is 0 Å². The quantitative estimate of drug-likeness (QED) is 0.306. The molecule has 4 bridgehead atoms. The van der Waals surface area contributed by atoms with Crippen LogP contribution in [0, 0.1) is 5.92 Å². The topological polar surface area (TPSA) is 156 Å². The van der Waals surface area contributed by atoms with Crippen molar-refractivity contribution in [3.05, 3.63) is 71.3 Å². The molecule has 13 nitrogen and oxygen atoms in total. The highest BCUT2D eigenvalue weighted by Gasteiger charge is 2.42. The average molecular weight is 604 g/mol. The lowest BCUT2D eigenvalue weighted by atomic mass is 10.00. The first-order valence-electron chi connectivity index (χ1n) is 14.3. The molecule has 4 amide bonds. The Bertz CT molecular complexity index is 1620. The molecule has 5 heterocycles. The van der Waals surface area contributed by atoms with Gasteiger partial charge in [0, 0.05) is 37.2 Å². The number of hydrogen-bond donors (Lipinski definition) is 3. The zero-order valence-corrected chi connectivity index (χ0v) is 24.7. The van der Waals surface area contributed by atoms with Crippen LogP contribution in [0.2, 0.25) is 0 Å². The van der Waals surface area contributed by atoms with E-state index in [1.807, 2.05) is 66.4 Å². The van der Waals surface area contributed by atoms with Crippen LogP contribution in [0.15, 0.2) is 54.3 Å². The van der Waals surface area contributed by atoms with E-state index in [1.165, 1.54) is 11.3 Å². The van der Waals surface area contributed by atoms with Gasteiger partial charge in [0.05, 0.1) is 30.9 Å². The fraction of sp³-hybridized carbons (Fsp3) is 0.414. The van der Waals surface area contributed by atoms with E-state index < -0.39 is 29.9 Å². The number of carbonyl (C=O) groups excluding carboxylic acids is 4. The second kappa shape index (κ2) is 12.0. The number of nitrogens with one attached hydrogen (secondary N) is 3. The van der Waals surface area contributed by atoms with Crippen molar-refractivity contribution in [2.45, 2.75) is 63.8 Å². The molecule has 0 unspecified atom stereocenters. The number of nitrogens with zero attached hydrogens (tertiary/aromatic N) is 6. The third-order valence-corrected chi connectivity index (χ3v) is 8.69. The van der Waals surface area contributed by atoms with Gasteiger partial charge in [-0.15, -0.1) is 16.4 Å². The van der Waals surface area contributed by atoms with Crippen LogP contribution in [0.5, 0.6) is 0 Å². The summed E-state index contributed by atoms with van der Waals surface area (Å²) in [6, 6.07) is 6.45. The first-order valence-corrected chi connectivity index (χ1v) is 15.2. The summed E-state index contributed by atoms with van der Waals surface area (Å²) in [7, 11) is 0. The monoisotopic (exact) mass is 603 g/mol. The summed E-state index contributed by atoms with van der Waals surface area (Å²) in [5.41, 5.74) is 2.02. The number of aromatic nitrogens is 5. The van der Waals surface area contributed by atoms with Crippen molar-refractivity contribution in [2.24, 2.45) is 5.92 Å². The summed E-state index contributed by atoms with van der Waals surface area (Å²) in [5, 5.41) is 19.0. The maximum atomic E-state index is 13.8. The molecule has 0 radical (unpaired) electrons. The molecule has 4 aromatic rings. The van der Waals surface area contributed by atoms with E-state index in [0.29, 0.717) is 17.8 Å². The number of amides is 4. The predicted molar refractivity (Wildman–Crippen MR) is 157 cm³/mol. The molecule has 2 aliphatic heterocycles. The van der Waals surface area contributed by atoms with Gasteiger partial charge in [-0.1, -0.05) is 49.4 Å². The Kier molecular flexibility index (Phi) is 7.93. The van der Waals surface area contributed by atoms with E-state index in [2.05, 4.69) is 31.2 Å². The van der Waals surface area contributed by atoms with E-state index in [0.717, 1.165) is 10.5 Å². The highest BCUT2D eigenvalue weighted by Crippen LogP contribution is 2.28. The van der Waals surface area contributed by atoms with Crippen molar-refractivity contribution < 1.29 is 19.2 Å². The lowest BCUT2D eigenvalue weighted by Crippen LogP contribution is -2.58. The van der Waals surface area contributed by atoms with Crippen LogP contribution in [0.3, 0.4) is 0 Å². The van der Waals surface area contributed by atoms with Crippen molar-refractivity contribution >= 4 is 39.9 Å². The summed E-state index contributed by atoms with van der Waals surface area (Å²) in [5.74, 6) is -1.79. The van der Waals surface area contributed by atoms with Crippen LogP contribution in [0.1, 0.15) is 43.3 Å². The first-order chi connectivity index (χ1) is 20.7. The second-order valence-electron chi connectivity index (χ2n) is 11.3. The predicted octanol–water partition coefficient (Wildman–Crippen LogP) is 0.870. The fourth-order valence-electron chi connectivity index (χ4n) is 5.63. The van der Waals surface area contributed by atoms with Gasteiger partial charge in [-0.25, -0.2) is 9.67 Å². The Morgan fingerprint density at radius 2 is 1.88 bits per heavy atom. The average Bonchev–Trinajstić information content (AvgIpc) is 3.78. The van der Waals surface area contributed by atoms with Crippen LogP contribution in [0.4, 0.5) is 0 Å². The number of benzene rings is 1. The number of thiazole rings is 1. The molecular weight excluding hydrogens is 570 g/mol. The number of hydrogen-bond acceptors (Lipinski definition) is 8. The van der Waals surface area contributed by atoms with Gasteiger partial charge >= 0.3 is 0 Å². The zero-order valence-electron chi connectivity index (χ0n) is 23.8. The molecule has 3 aromatic heterocycles. The summed E-state index contributed by atoms with van der Waals surface area (Å²) in [6.45, 7) is 4.01. The summed E-state index contributed by atoms with van der Waals surface area (Å²) in [6.07, 6.45) is 6.02. The Morgan fingerprint density at radius 3 is 2.65 bits per heavy atom. The van der Waals surface area contributed by atoms with Crippen LogP contribution in [-0.2, 0) is 38.6 Å². The fourth-order valence-corrected chi connectivity index (χ4v) is 6.35. The zero-order chi connectivity index (χ0) is 30.1. The van der Waals surface area contributed by atoms with Crippen LogP contribution in [0.25, 0.3) is 4.96 Å². The molecule has 1 saturated heterocycles. The highest BCUT2D eigenvalue weighted by molar-refractivity contribution is 7.15. The molecule has 0 aliphatic carbocycles. The number of carbonyl (C=O) groups is 4. The van der Waals surface area contributed by atoms with Gasteiger partial charge in [0.25, 0.3) is 0 Å². The molecule has 43 heavy (non-hydrogen) atoms. The van der Waals surface area contributed by atoms with E-state index in [1.54, 1.807) is 15.8 Å². The molecule has 14 heteroatoms. The minimum absolute atomic E-state index is 0.0365. The van der Waals surface area contributed by atoms with Crippen LogP contribution in [-0.4, -0.2) is 77.6 Å². The summed E-state index contributed by atoms with van der Waals surface area (Å²) >= 11 is 1.48. The standard InChI is InChI=1S/C29H33N9O4S/c1-17(2)25-28(42)32-22(10-18-6-4-3-5-7-18)26(40)30-13-20-15-38(35-34-20)21-12-23(27(41)33-25)37(16-21)24(39)11-19-14-36-8-9-43-29(36)31-19/h3-9,14-15,17,21-23,25H,10-13,16H2,1-2H3,(H,30,40)(H,32,42)(H,33,41)/t21-,22+,23-,25-/m0/s1. The van der Waals surface area contributed by atoms with Gasteiger partial charge < -0.3 is 20.9 Å². The maximum absolute atomic E-state index is 13.8. The van der Waals surface area contributed by atoms with Crippen molar-refractivity contribution in [3.8, 4) is 0 Å². The number of likely N-dealkylation sites (tertiary alicyclic amines) is 1. The molecular formula is C29H33N9O4S. The van der Waals surface area contributed by atoms with E-state index in [-0.39, 0.29) is 49.7 Å². The van der Waals surface area contributed by atoms with Crippen LogP contribution >= 0.6 is 11.3 Å². The molecule has 6 rings (SSSR count). The first kappa shape index (κ1) is 28.5. The molecule has 2 aliphatic rings. The minimum Gasteiger partial charge on any atom is -0.349 e. The van der Waals surface area contributed by atoms with E-state index in [9.17, 15) is 19.2 Å². The van der Waals surface area contributed by atoms with Gasteiger partial charge in [0.15, 0.2) is 4.96 Å². The summed E-state index contributed by atoms with van der Waals surface area (Å²) < 4.78 is 3.51. The minimum atomic E-state index is -0.919. The van der Waals surface area contributed by atoms with E-state index >= 15 is 0 Å². The highest BCUT2D eigenvalue weighted by atomic mass is 32.1. The Hall–Kier alpha value is -4.59. The molecule has 3 N–H and O–H groups in total. The van der Waals surface area contributed by atoms with Crippen molar-refractivity contribution in [1.82, 2.24) is 45.2 Å². The van der Waals surface area contributed by atoms with Gasteiger partial charge in [0.1, 0.15) is 23.8 Å². The van der Waals surface area contributed by atoms with Crippen LogP contribution < -0.4 is 16.0 Å². The van der Waals surface area contributed by atoms with E-state index in [4.69, 9.17) is 0 Å². The van der Waals surface area contributed by atoms with Crippen molar-refractivity contribution in [2.75, 3.05) is 6.54 Å². The molecule has 0 saturated carbocycles. The largest absolute Gasteiger partial charge is 0.349 e. The number of imidazole rings is 1. The number of rotatable bonds is 5. The van der Waals surface area contributed by atoms with Crippen molar-refractivity contribution in [3.63, 3.8) is 0 Å². The summed E-state index contributed by atoms with van der Waals surface area (Å²) in [4.78, 5) is 61.2. The van der Waals surface area contributed by atoms with Gasteiger partial charge in [-0.05, 0) is 11.5 Å². The smallest absolute Gasteiger partial charge is 0.243 e. The second-order valence-corrected chi connectivity index (χ2v) is 12.2. The third-order valence-electron chi connectivity index (χ3n) is 7.92. The number of fused-ring (bicyclic) bond motifs is 6. The Morgan fingerprint density at radius 1 is 1.07 bits per heavy atom. The molecule has 1 aromatic carbocycles. The van der Waals surface area contributed by atoms with Gasteiger partial charge in [0.2, 0.25) is 23.6 Å². The van der Waals surface area contributed by atoms with Gasteiger partial charge in [-0.3, -0.25) is 23.6 Å². The lowest BCUT2D eigenvalue weighted by Gasteiger charge is -2.28. The molecule has 1 fully saturated rings. The SMILES string of the molecule is CC(C)[C@@H]1NC(=O)[C@@H]2C[C@@H](CN2C(=O)Cc2cn3ccsc3n2)n2cc(nn2)CNC(=O)[C@@H](Cc2ccccc2)NC1=O. The molecule has 4 atom stereocenters. The lowest BCUT2D eigenvalue weighted by molar-refractivity contribution is -0.139.